The molecule has 0 heterocycles. The van der Waals surface area contributed by atoms with Crippen LogP contribution in [0.2, 0.25) is 0 Å². The van der Waals surface area contributed by atoms with E-state index in [1.807, 2.05) is 55.4 Å². The number of guanidine groups is 1. The maximum atomic E-state index is 13.8. The van der Waals surface area contributed by atoms with Gasteiger partial charge in [0.05, 0.1) is 6.54 Å². The van der Waals surface area contributed by atoms with Gasteiger partial charge in [-0.25, -0.2) is 4.39 Å². The van der Waals surface area contributed by atoms with Crippen LogP contribution in [-0.2, 0) is 13.1 Å². The minimum atomic E-state index is -0.178. The van der Waals surface area contributed by atoms with Gasteiger partial charge < -0.3 is 20.3 Å². The van der Waals surface area contributed by atoms with Crippen LogP contribution in [0, 0.1) is 5.82 Å². The van der Waals surface area contributed by atoms with Crippen LogP contribution in [0.15, 0.2) is 53.5 Å². The number of aliphatic imine (C=N–C) groups is 1. The molecule has 0 saturated heterocycles. The van der Waals surface area contributed by atoms with Crippen LogP contribution in [0.4, 0.5) is 4.39 Å². The average Bonchev–Trinajstić information content (AvgIpc) is 2.64. The lowest BCUT2D eigenvalue weighted by Crippen LogP contribution is -2.38. The standard InChI is InChI=1S/C20H27FN4O/c1-22-20(23-11-12-26-18-7-5-4-6-8-18)24-14-16-9-10-19(21)17(13-16)15-25(2)3/h4-10,13H,11-12,14-15H2,1-3H3,(H2,22,23,24). The van der Waals surface area contributed by atoms with E-state index in [4.69, 9.17) is 4.74 Å². The maximum Gasteiger partial charge on any atom is 0.191 e. The second-order valence-electron chi connectivity index (χ2n) is 6.18. The van der Waals surface area contributed by atoms with E-state index in [1.165, 1.54) is 6.07 Å². The second kappa shape index (κ2) is 10.4. The Morgan fingerprint density at radius 2 is 1.88 bits per heavy atom. The summed E-state index contributed by atoms with van der Waals surface area (Å²) in [5.74, 6) is 1.35. The highest BCUT2D eigenvalue weighted by atomic mass is 19.1. The molecule has 0 atom stereocenters. The number of halogens is 1. The van der Waals surface area contributed by atoms with Crippen molar-refractivity contribution in [3.63, 3.8) is 0 Å². The Bertz CT molecular complexity index is 704. The fraction of sp³-hybridized carbons (Fsp3) is 0.350. The van der Waals surface area contributed by atoms with Crippen molar-refractivity contribution in [3.8, 4) is 5.75 Å². The van der Waals surface area contributed by atoms with Crippen molar-refractivity contribution < 1.29 is 9.13 Å². The minimum absolute atomic E-state index is 0.178. The molecule has 26 heavy (non-hydrogen) atoms. The van der Waals surface area contributed by atoms with E-state index in [-0.39, 0.29) is 5.82 Å². The summed E-state index contributed by atoms with van der Waals surface area (Å²) in [6.45, 7) is 2.31. The molecule has 0 aliphatic carbocycles. The molecule has 2 aromatic carbocycles. The summed E-state index contributed by atoms with van der Waals surface area (Å²) in [6.07, 6.45) is 0. The second-order valence-corrected chi connectivity index (χ2v) is 6.18. The molecule has 0 radical (unpaired) electrons. The van der Waals surface area contributed by atoms with Crippen molar-refractivity contribution in [2.24, 2.45) is 4.99 Å². The Hall–Kier alpha value is -2.60. The predicted molar refractivity (Wildman–Crippen MR) is 104 cm³/mol. The van der Waals surface area contributed by atoms with E-state index in [2.05, 4.69) is 15.6 Å². The van der Waals surface area contributed by atoms with Crippen molar-refractivity contribution in [1.82, 2.24) is 15.5 Å². The van der Waals surface area contributed by atoms with Gasteiger partial charge in [-0.05, 0) is 43.9 Å². The molecule has 0 amide bonds. The summed E-state index contributed by atoms with van der Waals surface area (Å²) in [4.78, 5) is 6.14. The molecular formula is C20H27FN4O. The van der Waals surface area contributed by atoms with E-state index in [0.717, 1.165) is 11.3 Å². The monoisotopic (exact) mass is 358 g/mol. The van der Waals surface area contributed by atoms with Crippen LogP contribution in [0.25, 0.3) is 0 Å². The van der Waals surface area contributed by atoms with Crippen LogP contribution in [0.1, 0.15) is 11.1 Å². The Morgan fingerprint density at radius 3 is 2.58 bits per heavy atom. The number of benzene rings is 2. The van der Waals surface area contributed by atoms with Crippen LogP contribution in [-0.4, -0.2) is 45.2 Å². The zero-order valence-corrected chi connectivity index (χ0v) is 15.6. The molecule has 0 aromatic heterocycles. The SMILES string of the molecule is CN=C(NCCOc1ccccc1)NCc1ccc(F)c(CN(C)C)c1. The maximum absolute atomic E-state index is 13.8. The van der Waals surface area contributed by atoms with Gasteiger partial charge in [-0.2, -0.15) is 0 Å². The fourth-order valence-corrected chi connectivity index (χ4v) is 2.46. The van der Waals surface area contributed by atoms with Gasteiger partial charge in [0, 0.05) is 25.7 Å². The van der Waals surface area contributed by atoms with Gasteiger partial charge in [0.1, 0.15) is 18.2 Å². The first-order valence-electron chi connectivity index (χ1n) is 8.63. The molecule has 2 N–H and O–H groups in total. The summed E-state index contributed by atoms with van der Waals surface area (Å²) >= 11 is 0. The minimum Gasteiger partial charge on any atom is -0.492 e. The molecule has 6 heteroatoms. The fourth-order valence-electron chi connectivity index (χ4n) is 2.46. The summed E-state index contributed by atoms with van der Waals surface area (Å²) in [7, 11) is 5.57. The number of ether oxygens (including phenoxy) is 1. The molecule has 140 valence electrons. The molecular weight excluding hydrogens is 331 g/mol. The lowest BCUT2D eigenvalue weighted by Gasteiger charge is -2.14. The summed E-state index contributed by atoms with van der Waals surface area (Å²) in [6, 6.07) is 14.9. The average molecular weight is 358 g/mol. The Morgan fingerprint density at radius 1 is 1.12 bits per heavy atom. The van der Waals surface area contributed by atoms with Gasteiger partial charge in [0.15, 0.2) is 5.96 Å². The van der Waals surface area contributed by atoms with Crippen LogP contribution < -0.4 is 15.4 Å². The molecule has 0 aliphatic rings. The molecule has 0 bridgehead atoms. The number of hydrogen-bond acceptors (Lipinski definition) is 3. The lowest BCUT2D eigenvalue weighted by atomic mass is 10.1. The summed E-state index contributed by atoms with van der Waals surface area (Å²) in [5, 5.41) is 6.43. The quantitative estimate of drug-likeness (QED) is 0.433. The lowest BCUT2D eigenvalue weighted by molar-refractivity contribution is 0.322. The Kier molecular flexibility index (Phi) is 7.89. The molecule has 0 saturated carbocycles. The van der Waals surface area contributed by atoms with Crippen LogP contribution in [0.3, 0.4) is 0 Å². The first kappa shape index (κ1) is 19.7. The van der Waals surface area contributed by atoms with E-state index in [0.29, 0.717) is 37.8 Å². The molecule has 5 nitrogen and oxygen atoms in total. The smallest absolute Gasteiger partial charge is 0.191 e. The Balaban J connectivity index is 1.77. The van der Waals surface area contributed by atoms with Crippen molar-refractivity contribution in [3.05, 3.63) is 65.5 Å². The third-order valence-corrected chi connectivity index (χ3v) is 3.69. The highest BCUT2D eigenvalue weighted by molar-refractivity contribution is 5.79. The highest BCUT2D eigenvalue weighted by Gasteiger charge is 2.06. The van der Waals surface area contributed by atoms with Crippen molar-refractivity contribution in [2.45, 2.75) is 13.1 Å². The number of nitrogens with one attached hydrogen (secondary N) is 2. The van der Waals surface area contributed by atoms with E-state index in [1.54, 1.807) is 13.1 Å². The van der Waals surface area contributed by atoms with Crippen LogP contribution >= 0.6 is 0 Å². The van der Waals surface area contributed by atoms with Gasteiger partial charge >= 0.3 is 0 Å². The van der Waals surface area contributed by atoms with Gasteiger partial charge in [0.25, 0.3) is 0 Å². The first-order valence-corrected chi connectivity index (χ1v) is 8.63. The number of nitrogens with zero attached hydrogens (tertiary/aromatic N) is 2. The zero-order chi connectivity index (χ0) is 18.8. The van der Waals surface area contributed by atoms with E-state index < -0.39 is 0 Å². The summed E-state index contributed by atoms with van der Waals surface area (Å²) < 4.78 is 19.5. The molecule has 0 aliphatic heterocycles. The third kappa shape index (κ3) is 6.72. The number of hydrogen-bond donors (Lipinski definition) is 2. The number of rotatable bonds is 8. The molecule has 0 fully saturated rings. The predicted octanol–water partition coefficient (Wildman–Crippen LogP) is 2.63. The first-order chi connectivity index (χ1) is 12.6. The third-order valence-electron chi connectivity index (χ3n) is 3.69. The van der Waals surface area contributed by atoms with Gasteiger partial charge in [-0.3, -0.25) is 4.99 Å². The van der Waals surface area contributed by atoms with Crippen LogP contribution in [0.5, 0.6) is 5.75 Å². The van der Waals surface area contributed by atoms with E-state index >= 15 is 0 Å². The van der Waals surface area contributed by atoms with Gasteiger partial charge in [-0.15, -0.1) is 0 Å². The topological polar surface area (TPSA) is 48.9 Å². The van der Waals surface area contributed by atoms with E-state index in [9.17, 15) is 4.39 Å². The van der Waals surface area contributed by atoms with Gasteiger partial charge in [0.2, 0.25) is 0 Å². The molecule has 0 spiro atoms. The molecule has 2 rings (SSSR count). The largest absolute Gasteiger partial charge is 0.492 e. The van der Waals surface area contributed by atoms with Crippen molar-refractivity contribution >= 4 is 5.96 Å². The summed E-state index contributed by atoms with van der Waals surface area (Å²) in [5.41, 5.74) is 1.69. The van der Waals surface area contributed by atoms with Crippen molar-refractivity contribution in [2.75, 3.05) is 34.3 Å². The molecule has 0 unspecified atom stereocenters. The Labute approximate surface area is 154 Å². The highest BCUT2D eigenvalue weighted by Crippen LogP contribution is 2.12. The molecule has 2 aromatic rings. The van der Waals surface area contributed by atoms with Crippen molar-refractivity contribution in [1.29, 1.82) is 0 Å². The number of para-hydroxylation sites is 1. The normalized spacial score (nSPS) is 11.5. The van der Waals surface area contributed by atoms with Gasteiger partial charge in [-0.1, -0.05) is 24.3 Å². The zero-order valence-electron chi connectivity index (χ0n) is 15.6.